The molecule has 196 valence electrons. The van der Waals surface area contributed by atoms with E-state index in [0.29, 0.717) is 18.5 Å². The van der Waals surface area contributed by atoms with Crippen LogP contribution in [0.5, 0.6) is 0 Å². The summed E-state index contributed by atoms with van der Waals surface area (Å²) in [6.07, 6.45) is 8.34. The number of rotatable bonds is 11. The van der Waals surface area contributed by atoms with Crippen molar-refractivity contribution in [1.29, 1.82) is 0 Å². The van der Waals surface area contributed by atoms with Crippen LogP contribution in [-0.2, 0) is 26.3 Å². The summed E-state index contributed by atoms with van der Waals surface area (Å²) in [6.45, 7) is 8.76. The molecule has 2 aromatic rings. The summed E-state index contributed by atoms with van der Waals surface area (Å²) in [6, 6.07) is 11.1. The molecule has 8 nitrogen and oxygen atoms in total. The fourth-order valence-electron chi connectivity index (χ4n) is 4.48. The molecule has 1 aromatic heterocycles. The van der Waals surface area contributed by atoms with Gasteiger partial charge in [-0.15, -0.1) is 0 Å². The number of anilines is 1. The van der Waals surface area contributed by atoms with E-state index in [1.54, 1.807) is 26.1 Å². The lowest BCUT2D eigenvalue weighted by Crippen LogP contribution is -2.54. The third-order valence-corrected chi connectivity index (χ3v) is 7.08. The minimum absolute atomic E-state index is 0.104. The fraction of sp³-hybridized carbons (Fsp3) is 0.536. The predicted octanol–water partition coefficient (Wildman–Crippen LogP) is 3.42. The summed E-state index contributed by atoms with van der Waals surface area (Å²) < 4.78 is 1.88. The molecular formula is C28H41N5O3. The molecule has 1 aliphatic heterocycles. The van der Waals surface area contributed by atoms with Gasteiger partial charge in [0.1, 0.15) is 11.6 Å². The quantitative estimate of drug-likeness (QED) is 0.444. The highest BCUT2D eigenvalue weighted by Crippen LogP contribution is 2.28. The Labute approximate surface area is 214 Å². The van der Waals surface area contributed by atoms with Gasteiger partial charge < -0.3 is 25.8 Å². The minimum atomic E-state index is -1.10. The number of aromatic nitrogens is 1. The van der Waals surface area contributed by atoms with E-state index in [9.17, 15) is 14.4 Å². The highest BCUT2D eigenvalue weighted by molar-refractivity contribution is 5.98. The maximum absolute atomic E-state index is 13.2. The second-order valence-corrected chi connectivity index (χ2v) is 10.5. The van der Waals surface area contributed by atoms with Crippen LogP contribution in [0.1, 0.15) is 65.4 Å². The second-order valence-electron chi connectivity index (χ2n) is 10.5. The first-order chi connectivity index (χ1) is 17.0. The molecule has 0 radical (unpaired) electrons. The van der Waals surface area contributed by atoms with Crippen LogP contribution in [0, 0.1) is 0 Å². The smallest absolute Gasteiger partial charge is 0.248 e. The van der Waals surface area contributed by atoms with E-state index in [0.717, 1.165) is 38.8 Å². The zero-order valence-corrected chi connectivity index (χ0v) is 22.0. The predicted molar refractivity (Wildman–Crippen MR) is 142 cm³/mol. The molecule has 1 unspecified atom stereocenters. The van der Waals surface area contributed by atoms with E-state index < -0.39 is 17.1 Å². The van der Waals surface area contributed by atoms with Gasteiger partial charge in [0, 0.05) is 25.5 Å². The van der Waals surface area contributed by atoms with Crippen LogP contribution in [0.4, 0.5) is 5.69 Å². The van der Waals surface area contributed by atoms with E-state index in [1.807, 2.05) is 59.8 Å². The Morgan fingerprint density at radius 3 is 2.33 bits per heavy atom. The number of carbonyl (C=O) groups is 3. The molecule has 3 rings (SSSR count). The zero-order chi connectivity index (χ0) is 26.3. The first kappa shape index (κ1) is 27.5. The number of nitrogens with one attached hydrogen (secondary N) is 2. The van der Waals surface area contributed by atoms with Gasteiger partial charge in [-0.1, -0.05) is 37.3 Å². The van der Waals surface area contributed by atoms with E-state index in [-0.39, 0.29) is 17.7 Å². The Bertz CT molecular complexity index is 1040. The van der Waals surface area contributed by atoms with Gasteiger partial charge >= 0.3 is 0 Å². The van der Waals surface area contributed by atoms with Crippen molar-refractivity contribution in [3.63, 3.8) is 0 Å². The van der Waals surface area contributed by atoms with Crippen LogP contribution in [0.25, 0.3) is 0 Å². The Hall–Kier alpha value is -3.13. The maximum atomic E-state index is 13.2. The van der Waals surface area contributed by atoms with Crippen molar-refractivity contribution in [1.82, 2.24) is 14.8 Å². The van der Waals surface area contributed by atoms with Crippen LogP contribution < -0.4 is 16.4 Å². The molecule has 4 N–H and O–H groups in total. The monoisotopic (exact) mass is 495 g/mol. The molecule has 1 aromatic carbocycles. The standard InChI is InChI=1S/C28H41N5O3/c1-5-28(4,26(36)32-17-9-10-18-32)33-19-16-22(20-33)30-24(34)23(31-25(35)27(2,3)29)15-11-14-21-12-7-6-8-13-21/h6-8,12-13,16,19-20,23H,5,9-11,14-15,17-18,29H2,1-4H3,(H,30,34)(H,31,35)/t23-,28?/m1/s1. The average molecular weight is 496 g/mol. The number of benzene rings is 1. The SMILES string of the molecule is CCC(C)(C(=O)N1CCCC1)n1ccc(NC(=O)[C@@H](CCCc2ccccc2)NC(=O)C(C)(C)N)c1. The Morgan fingerprint density at radius 2 is 1.72 bits per heavy atom. The summed E-state index contributed by atoms with van der Waals surface area (Å²) in [4.78, 5) is 41.0. The Kier molecular flexibility index (Phi) is 8.95. The summed E-state index contributed by atoms with van der Waals surface area (Å²) in [5, 5.41) is 5.76. The summed E-state index contributed by atoms with van der Waals surface area (Å²) >= 11 is 0. The van der Waals surface area contributed by atoms with Gasteiger partial charge in [0.2, 0.25) is 17.7 Å². The Morgan fingerprint density at radius 1 is 1.06 bits per heavy atom. The second kappa shape index (κ2) is 11.7. The molecule has 1 aliphatic rings. The number of nitrogens with zero attached hydrogens (tertiary/aromatic N) is 2. The Balaban J connectivity index is 1.70. The number of aryl methyl sites for hydroxylation is 1. The van der Waals surface area contributed by atoms with Gasteiger partial charge in [0.05, 0.1) is 11.2 Å². The molecule has 0 bridgehead atoms. The number of hydrogen-bond acceptors (Lipinski definition) is 4. The molecule has 0 spiro atoms. The van der Waals surface area contributed by atoms with Crippen molar-refractivity contribution in [2.45, 2.75) is 83.3 Å². The van der Waals surface area contributed by atoms with Crippen LogP contribution in [0.3, 0.4) is 0 Å². The van der Waals surface area contributed by atoms with Crippen LogP contribution in [0.15, 0.2) is 48.8 Å². The molecule has 36 heavy (non-hydrogen) atoms. The number of hydrogen-bond donors (Lipinski definition) is 3. The number of nitrogens with two attached hydrogens (primary N) is 1. The van der Waals surface area contributed by atoms with Gasteiger partial charge in [0.25, 0.3) is 0 Å². The average Bonchev–Trinajstić information content (AvgIpc) is 3.55. The van der Waals surface area contributed by atoms with Crippen molar-refractivity contribution in [2.75, 3.05) is 18.4 Å². The van der Waals surface area contributed by atoms with E-state index >= 15 is 0 Å². The molecule has 1 saturated heterocycles. The lowest BCUT2D eigenvalue weighted by Gasteiger charge is -2.33. The van der Waals surface area contributed by atoms with Crippen molar-refractivity contribution < 1.29 is 14.4 Å². The molecule has 2 heterocycles. The molecule has 0 aliphatic carbocycles. The molecule has 3 amide bonds. The third kappa shape index (κ3) is 6.75. The van der Waals surface area contributed by atoms with Crippen molar-refractivity contribution in [3.8, 4) is 0 Å². The number of carbonyl (C=O) groups excluding carboxylic acids is 3. The van der Waals surface area contributed by atoms with Crippen molar-refractivity contribution in [3.05, 3.63) is 54.4 Å². The molecule has 1 fully saturated rings. The topological polar surface area (TPSA) is 109 Å². The first-order valence-electron chi connectivity index (χ1n) is 13.0. The third-order valence-electron chi connectivity index (χ3n) is 7.08. The van der Waals surface area contributed by atoms with Gasteiger partial charge in [-0.3, -0.25) is 14.4 Å². The lowest BCUT2D eigenvalue weighted by molar-refractivity contribution is -0.139. The van der Waals surface area contributed by atoms with Crippen molar-refractivity contribution >= 4 is 23.4 Å². The lowest BCUT2D eigenvalue weighted by atomic mass is 9.96. The minimum Gasteiger partial charge on any atom is -0.343 e. The normalized spacial score (nSPS) is 16.3. The first-order valence-corrected chi connectivity index (χ1v) is 13.0. The highest BCUT2D eigenvalue weighted by atomic mass is 16.2. The molecule has 0 saturated carbocycles. The fourth-order valence-corrected chi connectivity index (χ4v) is 4.48. The van der Waals surface area contributed by atoms with Gasteiger partial charge in [0.15, 0.2) is 0 Å². The zero-order valence-electron chi connectivity index (χ0n) is 22.0. The molecule has 8 heteroatoms. The van der Waals surface area contributed by atoms with Crippen LogP contribution >= 0.6 is 0 Å². The van der Waals surface area contributed by atoms with Gasteiger partial charge in [-0.05, 0) is 70.9 Å². The van der Waals surface area contributed by atoms with E-state index in [2.05, 4.69) is 10.6 Å². The summed E-state index contributed by atoms with van der Waals surface area (Å²) in [5.74, 6) is -0.579. The maximum Gasteiger partial charge on any atom is 0.248 e. The van der Waals surface area contributed by atoms with Crippen molar-refractivity contribution in [2.24, 2.45) is 5.73 Å². The van der Waals surface area contributed by atoms with Crippen LogP contribution in [-0.4, -0.2) is 51.9 Å². The van der Waals surface area contributed by atoms with Gasteiger partial charge in [-0.25, -0.2) is 0 Å². The summed E-state index contributed by atoms with van der Waals surface area (Å²) in [5.41, 5.74) is 5.91. The highest BCUT2D eigenvalue weighted by Gasteiger charge is 2.37. The van der Waals surface area contributed by atoms with Gasteiger partial charge in [-0.2, -0.15) is 0 Å². The summed E-state index contributed by atoms with van der Waals surface area (Å²) in [7, 11) is 0. The largest absolute Gasteiger partial charge is 0.343 e. The van der Waals surface area contributed by atoms with E-state index in [4.69, 9.17) is 5.73 Å². The molecular weight excluding hydrogens is 454 g/mol. The van der Waals surface area contributed by atoms with Crippen LogP contribution in [0.2, 0.25) is 0 Å². The number of likely N-dealkylation sites (tertiary alicyclic amines) is 1. The van der Waals surface area contributed by atoms with E-state index in [1.165, 1.54) is 5.56 Å². The number of amides is 3. The molecule has 2 atom stereocenters.